The number of nitrogens with zero attached hydrogens (tertiary/aromatic N) is 1. The molecular weight excluding hydrogens is 405 g/mol. The number of nitrogens with two attached hydrogens (primary N) is 1. The molecule has 4 N–H and O–H groups in total. The Labute approximate surface area is 178 Å². The minimum atomic E-state index is -4.38. The van der Waals surface area contributed by atoms with E-state index in [-0.39, 0.29) is 12.2 Å². The molecule has 0 unspecified atom stereocenters. The third kappa shape index (κ3) is 5.07. The molecule has 0 atom stereocenters. The zero-order valence-electron chi connectivity index (χ0n) is 17.2. The number of nitrogen functional groups attached to an aromatic ring is 1. The van der Waals surface area contributed by atoms with Crippen molar-refractivity contribution in [3.05, 3.63) is 60.3 Å². The van der Waals surface area contributed by atoms with Gasteiger partial charge >= 0.3 is 6.18 Å². The number of fused-ring (bicyclic) bond motifs is 1. The first-order valence-corrected chi connectivity index (χ1v) is 9.46. The second-order valence-corrected chi connectivity index (χ2v) is 6.81. The Balaban J connectivity index is 1.84. The third-order valence-electron chi connectivity index (χ3n) is 4.75. The summed E-state index contributed by atoms with van der Waals surface area (Å²) in [5, 5.41) is 6.65. The van der Waals surface area contributed by atoms with Crippen LogP contribution in [0, 0.1) is 11.8 Å². The smallest absolute Gasteiger partial charge is 0.406 e. The molecule has 3 aromatic rings. The number of methoxy groups -OCH3 is 1. The summed E-state index contributed by atoms with van der Waals surface area (Å²) in [6, 6.07) is 12.0. The number of hydrogen-bond donors (Lipinski definition) is 3. The van der Waals surface area contributed by atoms with Gasteiger partial charge in [-0.2, -0.15) is 13.2 Å². The number of nitrogens with one attached hydrogen (secondary N) is 2. The lowest BCUT2D eigenvalue weighted by Crippen LogP contribution is -2.18. The second kappa shape index (κ2) is 8.96. The summed E-state index contributed by atoms with van der Waals surface area (Å²) >= 11 is 0. The average Bonchev–Trinajstić information content (AvgIpc) is 3.07. The molecular formula is C23H23F3N4O. The van der Waals surface area contributed by atoms with E-state index in [1.54, 1.807) is 38.4 Å². The Morgan fingerprint density at radius 2 is 2.00 bits per heavy atom. The van der Waals surface area contributed by atoms with Gasteiger partial charge in [0.1, 0.15) is 12.3 Å². The van der Waals surface area contributed by atoms with Gasteiger partial charge < -0.3 is 25.7 Å². The van der Waals surface area contributed by atoms with Gasteiger partial charge in [-0.05, 0) is 36.3 Å². The van der Waals surface area contributed by atoms with E-state index >= 15 is 0 Å². The predicted octanol–water partition coefficient (Wildman–Crippen LogP) is 4.45. The van der Waals surface area contributed by atoms with Crippen molar-refractivity contribution >= 4 is 28.0 Å². The van der Waals surface area contributed by atoms with Gasteiger partial charge in [-0.3, -0.25) is 0 Å². The Kier molecular flexibility index (Phi) is 6.35. The largest absolute Gasteiger partial charge is 0.495 e. The quantitative estimate of drug-likeness (QED) is 0.401. The van der Waals surface area contributed by atoms with Gasteiger partial charge in [0, 0.05) is 29.4 Å². The third-order valence-corrected chi connectivity index (χ3v) is 4.75. The molecule has 3 rings (SSSR count). The lowest BCUT2D eigenvalue weighted by molar-refractivity contribution is -0.140. The van der Waals surface area contributed by atoms with E-state index < -0.39 is 12.7 Å². The molecule has 0 saturated heterocycles. The van der Waals surface area contributed by atoms with E-state index in [1.807, 2.05) is 18.2 Å². The van der Waals surface area contributed by atoms with Crippen molar-refractivity contribution in [2.24, 2.45) is 0 Å². The average molecular weight is 428 g/mol. The molecule has 2 aromatic carbocycles. The summed E-state index contributed by atoms with van der Waals surface area (Å²) in [5.41, 5.74) is 9.33. The number of hydrogen-bond acceptors (Lipinski definition) is 4. The maximum atomic E-state index is 13.1. The number of benzene rings is 2. The number of ether oxygens (including phenoxy) is 1. The predicted molar refractivity (Wildman–Crippen MR) is 119 cm³/mol. The van der Waals surface area contributed by atoms with Gasteiger partial charge in [0.25, 0.3) is 0 Å². The molecule has 162 valence electrons. The minimum Gasteiger partial charge on any atom is -0.495 e. The maximum Gasteiger partial charge on any atom is 0.406 e. The van der Waals surface area contributed by atoms with E-state index in [0.717, 1.165) is 15.8 Å². The SMILES string of the molecule is C=C(NC)c1ccc(NCC#Cc2cc3c(N)cccc3n2CC(F)(F)F)c(OC)c1. The van der Waals surface area contributed by atoms with E-state index in [1.165, 1.54) is 0 Å². The molecule has 0 spiro atoms. The standard InChI is InChI=1S/C23H23F3N4O/c1-15(28-2)16-9-10-20(22(12-16)31-3)29-11-5-6-17-13-18-19(27)7-4-8-21(18)30(17)14-23(24,25)26/h4,7-10,12-13,28-29H,1,11,14,27H2,2-3H3. The van der Waals surface area contributed by atoms with Crippen molar-refractivity contribution in [1.29, 1.82) is 0 Å². The first-order valence-electron chi connectivity index (χ1n) is 9.46. The van der Waals surface area contributed by atoms with Crippen LogP contribution in [0.1, 0.15) is 11.3 Å². The molecule has 1 heterocycles. The summed E-state index contributed by atoms with van der Waals surface area (Å²) < 4.78 is 45.8. The highest BCUT2D eigenvalue weighted by Crippen LogP contribution is 2.29. The molecule has 0 bridgehead atoms. The van der Waals surface area contributed by atoms with Gasteiger partial charge in [-0.25, -0.2) is 0 Å². The van der Waals surface area contributed by atoms with Gasteiger partial charge in [0.05, 0.1) is 30.6 Å². The minimum absolute atomic E-state index is 0.214. The van der Waals surface area contributed by atoms with E-state index in [0.29, 0.717) is 28.0 Å². The van der Waals surface area contributed by atoms with Crippen molar-refractivity contribution in [2.75, 3.05) is 31.8 Å². The molecule has 0 saturated carbocycles. The molecule has 0 amide bonds. The molecule has 0 radical (unpaired) electrons. The highest BCUT2D eigenvalue weighted by molar-refractivity contribution is 5.92. The van der Waals surface area contributed by atoms with E-state index in [2.05, 4.69) is 29.1 Å². The van der Waals surface area contributed by atoms with Crippen LogP contribution in [-0.2, 0) is 6.54 Å². The van der Waals surface area contributed by atoms with Crippen LogP contribution < -0.4 is 21.1 Å². The van der Waals surface area contributed by atoms with Gasteiger partial charge in [-0.15, -0.1) is 0 Å². The summed E-state index contributed by atoms with van der Waals surface area (Å²) in [7, 11) is 3.33. The molecule has 0 aliphatic carbocycles. The Bertz CT molecular complexity index is 1170. The molecule has 0 aliphatic rings. The number of aromatic nitrogens is 1. The Morgan fingerprint density at radius 3 is 2.68 bits per heavy atom. The monoisotopic (exact) mass is 428 g/mol. The number of alkyl halides is 3. The fourth-order valence-electron chi connectivity index (χ4n) is 3.20. The lowest BCUT2D eigenvalue weighted by Gasteiger charge is -2.12. The van der Waals surface area contributed by atoms with Crippen molar-refractivity contribution < 1.29 is 17.9 Å². The second-order valence-electron chi connectivity index (χ2n) is 6.81. The Morgan fingerprint density at radius 1 is 1.23 bits per heavy atom. The summed E-state index contributed by atoms with van der Waals surface area (Å²) in [6.07, 6.45) is -4.38. The molecule has 1 aromatic heterocycles. The van der Waals surface area contributed by atoms with Crippen molar-refractivity contribution in [3.8, 4) is 17.6 Å². The molecule has 5 nitrogen and oxygen atoms in total. The van der Waals surface area contributed by atoms with Crippen LogP contribution >= 0.6 is 0 Å². The van der Waals surface area contributed by atoms with Gasteiger partial charge in [0.2, 0.25) is 0 Å². The van der Waals surface area contributed by atoms with Crippen LogP contribution in [0.25, 0.3) is 16.6 Å². The Hall–Kier alpha value is -3.73. The molecule has 8 heteroatoms. The lowest BCUT2D eigenvalue weighted by atomic mass is 10.1. The molecule has 31 heavy (non-hydrogen) atoms. The number of anilines is 2. The fraction of sp³-hybridized carbons (Fsp3) is 0.217. The van der Waals surface area contributed by atoms with Gasteiger partial charge in [-0.1, -0.05) is 24.6 Å². The van der Waals surface area contributed by atoms with Crippen LogP contribution in [0.4, 0.5) is 24.5 Å². The molecule has 0 aliphatic heterocycles. The highest BCUT2D eigenvalue weighted by Gasteiger charge is 2.29. The number of halogens is 3. The van der Waals surface area contributed by atoms with Crippen LogP contribution in [-0.4, -0.2) is 31.4 Å². The molecule has 0 fully saturated rings. The van der Waals surface area contributed by atoms with Crippen molar-refractivity contribution in [2.45, 2.75) is 12.7 Å². The van der Waals surface area contributed by atoms with Crippen molar-refractivity contribution in [3.63, 3.8) is 0 Å². The summed E-state index contributed by atoms with van der Waals surface area (Å²) in [5.74, 6) is 6.32. The normalized spacial score (nSPS) is 11.0. The van der Waals surface area contributed by atoms with Crippen LogP contribution in [0.2, 0.25) is 0 Å². The van der Waals surface area contributed by atoms with E-state index in [9.17, 15) is 13.2 Å². The van der Waals surface area contributed by atoms with Crippen LogP contribution in [0.15, 0.2) is 49.0 Å². The van der Waals surface area contributed by atoms with Gasteiger partial charge in [0.15, 0.2) is 0 Å². The van der Waals surface area contributed by atoms with Crippen molar-refractivity contribution in [1.82, 2.24) is 9.88 Å². The topological polar surface area (TPSA) is 64.2 Å². The van der Waals surface area contributed by atoms with Crippen LogP contribution in [0.5, 0.6) is 5.75 Å². The summed E-state index contributed by atoms with van der Waals surface area (Å²) in [4.78, 5) is 0. The zero-order chi connectivity index (χ0) is 22.6. The first-order chi connectivity index (χ1) is 14.7. The van der Waals surface area contributed by atoms with E-state index in [4.69, 9.17) is 10.5 Å². The first kappa shape index (κ1) is 22.0. The number of rotatable bonds is 6. The zero-order valence-corrected chi connectivity index (χ0v) is 17.2. The highest BCUT2D eigenvalue weighted by atomic mass is 19.4. The maximum absolute atomic E-state index is 13.1. The van der Waals surface area contributed by atoms with Crippen LogP contribution in [0.3, 0.4) is 0 Å². The fourth-order valence-corrected chi connectivity index (χ4v) is 3.20. The summed E-state index contributed by atoms with van der Waals surface area (Å²) in [6.45, 7) is 2.99.